The van der Waals surface area contributed by atoms with Gasteiger partial charge < -0.3 is 113 Å². The Hall–Kier alpha value is 2.79. The molecule has 0 unspecified atom stereocenters. The zero-order valence-corrected chi connectivity index (χ0v) is 28.0. The molecule has 40 heavy (non-hydrogen) atoms. The fourth-order valence-corrected chi connectivity index (χ4v) is 5.96. The van der Waals surface area contributed by atoms with Gasteiger partial charge in [0.2, 0.25) is 0 Å². The minimum absolute atomic E-state index is 0. The van der Waals surface area contributed by atoms with Crippen LogP contribution >= 0.6 is 46.9 Å². The molecule has 1 aliphatic carbocycles. The van der Waals surface area contributed by atoms with E-state index in [2.05, 4.69) is 27.1 Å². The van der Waals surface area contributed by atoms with Crippen LogP contribution in [0.15, 0.2) is 0 Å². The molecule has 0 aromatic carbocycles. The van der Waals surface area contributed by atoms with Gasteiger partial charge in [-0.05, 0) is 0 Å². The molecule has 1 aliphatic rings. The smallest absolute Gasteiger partial charge is 0.790 e. The van der Waals surface area contributed by atoms with Crippen LogP contribution in [0, 0.1) is 0 Å². The molecule has 1 saturated carbocycles. The Morgan fingerprint density at radius 3 is 0.400 bits per heavy atom. The van der Waals surface area contributed by atoms with E-state index in [0.717, 1.165) is 0 Å². The monoisotopic (exact) mass is 856 g/mol. The molecule has 1 fully saturated rings. The topological polar surface area (TPSA) is 435 Å². The minimum atomic E-state index is -6.68. The number of phosphoric ester groups is 6. The van der Waals surface area contributed by atoms with Crippen LogP contribution in [0.3, 0.4) is 0 Å². The number of phosphoric acid groups is 6. The van der Waals surface area contributed by atoms with Gasteiger partial charge in [0.15, 0.2) is 0 Å². The first-order valence-corrected chi connectivity index (χ1v) is 16.6. The maximum absolute atomic E-state index is 11.1. The Balaban J connectivity index is -0.00000162. The van der Waals surface area contributed by atoms with Crippen molar-refractivity contribution in [2.45, 2.75) is 36.6 Å². The van der Waals surface area contributed by atoms with Crippen molar-refractivity contribution < 1.29 is 183 Å². The fourth-order valence-electron chi connectivity index (χ4n) is 2.74. The van der Waals surface area contributed by atoms with Crippen molar-refractivity contribution in [3.63, 3.8) is 0 Å². The molecule has 34 heteroatoms. The summed E-state index contributed by atoms with van der Waals surface area (Å²) in [5, 5.41) is 0. The average molecular weight is 856 g/mol. The van der Waals surface area contributed by atoms with Crippen molar-refractivity contribution in [2.75, 3.05) is 0 Å². The Morgan fingerprint density at radius 2 is 0.350 bits per heavy atom. The molecule has 0 spiro atoms. The van der Waals surface area contributed by atoms with Gasteiger partial charge in [-0.3, -0.25) is 0 Å². The first-order valence-electron chi connectivity index (χ1n) is 7.80. The third-order valence-corrected chi connectivity index (χ3v) is 6.46. The van der Waals surface area contributed by atoms with Gasteiger partial charge in [0.05, 0.1) is 46.9 Å². The second-order valence-corrected chi connectivity index (χ2v) is 12.7. The van der Waals surface area contributed by atoms with Gasteiger partial charge in [0.25, 0.3) is 0 Å². The minimum Gasteiger partial charge on any atom is -0.790 e. The molecule has 0 aromatic rings. The molecular formula is C6H6Cr4O24P6. The second-order valence-electron chi connectivity index (χ2n) is 6.10. The van der Waals surface area contributed by atoms with Crippen molar-refractivity contribution in [1.82, 2.24) is 0 Å². The Bertz CT molecular complexity index is 837. The van der Waals surface area contributed by atoms with Crippen LogP contribution in [-0.4, -0.2) is 36.6 Å². The van der Waals surface area contributed by atoms with Crippen LogP contribution in [0.1, 0.15) is 0 Å². The summed E-state index contributed by atoms with van der Waals surface area (Å²) in [6.07, 6.45) is -21.5. The molecule has 0 amide bonds. The predicted molar refractivity (Wildman–Crippen MR) is 74.9 cm³/mol. The van der Waals surface area contributed by atoms with Crippen LogP contribution in [0.5, 0.6) is 0 Å². The number of hydrogen-bond acceptors (Lipinski definition) is 24. The molecule has 0 aromatic heterocycles. The van der Waals surface area contributed by atoms with E-state index >= 15 is 0 Å². The van der Waals surface area contributed by atoms with E-state index in [1.54, 1.807) is 0 Å². The molecule has 0 heterocycles. The summed E-state index contributed by atoms with van der Waals surface area (Å²) in [6, 6.07) is 0. The summed E-state index contributed by atoms with van der Waals surface area (Å²) >= 11 is 0. The standard InChI is InChI=1S/C6H18O24P6.4Cr/c7-31(8,9)25-1-2(26-32(10,11)12)4(28-34(16,17)18)6(30-36(22,23)24)5(29-35(19,20)21)3(1)27-33(13,14)15;;;;/h1-6H,(H2,7,8,9)(H2,10,11,12)(H2,13,14,15)(H2,16,17,18)(H2,19,20,21)(H2,22,23,24);;;;/q;4*+3/p-12/t1-,2-,3-,4+,5-,6-;;;;. The number of rotatable bonds is 12. The first kappa shape index (κ1) is 49.7. The van der Waals surface area contributed by atoms with Gasteiger partial charge in [-0.15, -0.1) is 0 Å². The zero-order valence-electron chi connectivity index (χ0n) is 17.6. The molecule has 4 radical (unpaired) electrons. The van der Waals surface area contributed by atoms with Crippen LogP contribution in [0.25, 0.3) is 0 Å². The van der Waals surface area contributed by atoms with Crippen molar-refractivity contribution in [3.05, 3.63) is 0 Å². The molecular weight excluding hydrogens is 850 g/mol. The van der Waals surface area contributed by atoms with Gasteiger partial charge in [0.1, 0.15) is 36.6 Å². The third-order valence-electron chi connectivity index (χ3n) is 3.45. The van der Waals surface area contributed by atoms with Crippen LogP contribution in [0.4, 0.5) is 0 Å². The Kier molecular flexibility index (Phi) is 21.9. The summed E-state index contributed by atoms with van der Waals surface area (Å²) < 4.78 is 88.3. The normalized spacial score (nSPS) is 26.4. The van der Waals surface area contributed by atoms with Crippen molar-refractivity contribution >= 4 is 46.9 Å². The van der Waals surface area contributed by atoms with Gasteiger partial charge in [-0.1, -0.05) is 0 Å². The van der Waals surface area contributed by atoms with Crippen LogP contribution in [-0.2, 0) is 124 Å². The predicted octanol–water partition coefficient (Wildman–Crippen LogP) is -10.7. The SMILES string of the molecule is O=P([O-])([O-])O[C@H]1[C@H](OP(=O)([O-])[O-])[C@@H](OP(=O)([O-])[O-])[C@H](OP(=O)([O-])[O-])[C@@H](OP(=O)([O-])[O-])[C@H]1OP(=O)([O-])[O-].[Cr+3].[Cr+3].[Cr+3].[Cr+3]. The number of hydrogen-bond donors (Lipinski definition) is 0. The van der Waals surface area contributed by atoms with Crippen LogP contribution < -0.4 is 58.7 Å². The fraction of sp³-hybridized carbons (Fsp3) is 1.00. The maximum atomic E-state index is 11.1. The summed E-state index contributed by atoms with van der Waals surface area (Å²) in [6.45, 7) is 0. The summed E-state index contributed by atoms with van der Waals surface area (Å²) in [5.41, 5.74) is 0. The molecule has 228 valence electrons. The molecule has 0 bridgehead atoms. The van der Waals surface area contributed by atoms with Crippen molar-refractivity contribution in [1.29, 1.82) is 0 Å². The van der Waals surface area contributed by atoms with Gasteiger partial charge in [0, 0.05) is 0 Å². The van der Waals surface area contributed by atoms with Crippen molar-refractivity contribution in [2.24, 2.45) is 0 Å². The quantitative estimate of drug-likeness (QED) is 0.164. The van der Waals surface area contributed by atoms with E-state index in [1.807, 2.05) is 0 Å². The Labute approximate surface area is 265 Å². The third kappa shape index (κ3) is 20.0. The van der Waals surface area contributed by atoms with E-state index in [-0.39, 0.29) is 69.4 Å². The Morgan fingerprint density at radius 1 is 0.275 bits per heavy atom. The maximum Gasteiger partial charge on any atom is 3.00 e. The molecule has 0 N–H and O–H groups in total. The second kappa shape index (κ2) is 17.6. The molecule has 24 nitrogen and oxygen atoms in total. The molecule has 0 saturated heterocycles. The average Bonchev–Trinajstić information content (AvgIpc) is 2.51. The van der Waals surface area contributed by atoms with Gasteiger partial charge in [-0.2, -0.15) is 0 Å². The summed E-state index contributed by atoms with van der Waals surface area (Å²) in [7, 11) is -40.1. The largest absolute Gasteiger partial charge is 3.00 e. The van der Waals surface area contributed by atoms with E-state index < -0.39 is 83.6 Å². The molecule has 0 atom stereocenters. The molecule has 1 rings (SSSR count). The summed E-state index contributed by atoms with van der Waals surface area (Å²) in [4.78, 5) is 133. The van der Waals surface area contributed by atoms with Gasteiger partial charge in [-0.25, -0.2) is 0 Å². The molecule has 0 aliphatic heterocycles. The van der Waals surface area contributed by atoms with E-state index in [1.165, 1.54) is 0 Å². The van der Waals surface area contributed by atoms with E-state index in [9.17, 15) is 86.1 Å². The van der Waals surface area contributed by atoms with E-state index in [4.69, 9.17) is 0 Å². The van der Waals surface area contributed by atoms with Crippen molar-refractivity contribution in [3.8, 4) is 0 Å². The van der Waals surface area contributed by atoms with E-state index in [0.29, 0.717) is 0 Å². The van der Waals surface area contributed by atoms with Gasteiger partial charge >= 0.3 is 69.4 Å². The first-order chi connectivity index (χ1) is 15.6. The summed E-state index contributed by atoms with van der Waals surface area (Å²) in [5.74, 6) is 0. The zero-order chi connectivity index (χ0) is 28.7. The van der Waals surface area contributed by atoms with Crippen LogP contribution in [0.2, 0.25) is 0 Å².